The molecule has 0 heterocycles. The average Bonchev–Trinajstić information content (AvgIpc) is 2.82. The van der Waals surface area contributed by atoms with Gasteiger partial charge in [0.05, 0.1) is 16.9 Å². The summed E-state index contributed by atoms with van der Waals surface area (Å²) >= 11 is 0. The summed E-state index contributed by atoms with van der Waals surface area (Å²) in [5, 5.41) is 14.1. The van der Waals surface area contributed by atoms with E-state index in [9.17, 15) is 28.1 Å². The van der Waals surface area contributed by atoms with E-state index in [1.165, 1.54) is 23.1 Å². The molecule has 196 valence electrons. The summed E-state index contributed by atoms with van der Waals surface area (Å²) in [7, 11) is -3.98. The molecule has 2 rings (SSSR count). The molecule has 0 saturated heterocycles. The number of nitro benzene ring substituents is 1. The van der Waals surface area contributed by atoms with Gasteiger partial charge < -0.3 is 10.2 Å². The molecule has 36 heavy (non-hydrogen) atoms. The number of non-ortho nitro benzene ring substituents is 1. The number of rotatable bonds is 12. The van der Waals surface area contributed by atoms with E-state index >= 15 is 0 Å². The van der Waals surface area contributed by atoms with E-state index in [0.29, 0.717) is 12.8 Å². The van der Waals surface area contributed by atoms with Gasteiger partial charge in [-0.2, -0.15) is 0 Å². The summed E-state index contributed by atoms with van der Waals surface area (Å²) in [6, 6.07) is 11.6. The second kappa shape index (κ2) is 12.5. The normalized spacial score (nSPS) is 12.9. The van der Waals surface area contributed by atoms with Gasteiger partial charge in [-0.3, -0.25) is 24.0 Å². The minimum atomic E-state index is -3.98. The van der Waals surface area contributed by atoms with Gasteiger partial charge in [0.15, 0.2) is 0 Å². The van der Waals surface area contributed by atoms with Crippen molar-refractivity contribution >= 4 is 33.2 Å². The zero-order valence-electron chi connectivity index (χ0n) is 21.3. The van der Waals surface area contributed by atoms with E-state index in [-0.39, 0.29) is 29.9 Å². The Morgan fingerprint density at radius 1 is 1.08 bits per heavy atom. The van der Waals surface area contributed by atoms with Gasteiger partial charge in [0.25, 0.3) is 5.69 Å². The van der Waals surface area contributed by atoms with E-state index in [1.807, 2.05) is 45.0 Å². The van der Waals surface area contributed by atoms with Crippen molar-refractivity contribution < 1.29 is 22.9 Å². The second-order valence-corrected chi connectivity index (χ2v) is 10.7. The summed E-state index contributed by atoms with van der Waals surface area (Å²) in [5.74, 6) is -0.924. The summed E-state index contributed by atoms with van der Waals surface area (Å²) in [6.45, 7) is 7.00. The first-order chi connectivity index (χ1) is 16.9. The van der Waals surface area contributed by atoms with Crippen LogP contribution in [0.5, 0.6) is 0 Å². The van der Waals surface area contributed by atoms with Crippen LogP contribution in [-0.4, -0.2) is 54.9 Å². The highest BCUT2D eigenvalue weighted by atomic mass is 32.2. The molecule has 0 bridgehead atoms. The highest BCUT2D eigenvalue weighted by molar-refractivity contribution is 7.92. The van der Waals surface area contributed by atoms with Gasteiger partial charge >= 0.3 is 0 Å². The Hall–Kier alpha value is -3.47. The molecule has 0 saturated carbocycles. The van der Waals surface area contributed by atoms with Gasteiger partial charge in [-0.25, -0.2) is 8.42 Å². The number of nitro groups is 1. The number of nitrogens with one attached hydrogen (secondary N) is 1. The number of benzene rings is 2. The van der Waals surface area contributed by atoms with Gasteiger partial charge in [0.2, 0.25) is 21.8 Å². The maximum Gasteiger partial charge on any atom is 0.271 e. The number of sulfonamides is 1. The van der Waals surface area contributed by atoms with Crippen molar-refractivity contribution in [3.8, 4) is 0 Å². The van der Waals surface area contributed by atoms with Gasteiger partial charge in [0.1, 0.15) is 12.6 Å². The first kappa shape index (κ1) is 28.8. The van der Waals surface area contributed by atoms with Gasteiger partial charge in [-0.1, -0.05) is 49.7 Å². The molecule has 2 amide bonds. The van der Waals surface area contributed by atoms with Crippen molar-refractivity contribution in [2.75, 3.05) is 17.1 Å². The maximum atomic E-state index is 13.6. The van der Waals surface area contributed by atoms with Crippen molar-refractivity contribution in [1.82, 2.24) is 10.2 Å². The molecule has 1 N–H and O–H groups in total. The van der Waals surface area contributed by atoms with Crippen molar-refractivity contribution in [3.05, 3.63) is 69.8 Å². The molecule has 2 aromatic carbocycles. The molecule has 0 aromatic heterocycles. The third-order valence-electron chi connectivity index (χ3n) is 5.87. The van der Waals surface area contributed by atoms with Crippen LogP contribution in [0.2, 0.25) is 0 Å². The Labute approximate surface area is 212 Å². The summed E-state index contributed by atoms with van der Waals surface area (Å²) in [6.07, 6.45) is 1.95. The topological polar surface area (TPSA) is 130 Å². The lowest BCUT2D eigenvalue weighted by Gasteiger charge is -2.33. The number of carbonyl (C=O) groups is 2. The fraction of sp³-hybridized carbons (Fsp3) is 0.440. The third-order valence-corrected chi connectivity index (χ3v) is 7.01. The molecule has 0 aliphatic rings. The van der Waals surface area contributed by atoms with Crippen molar-refractivity contribution in [3.63, 3.8) is 0 Å². The first-order valence-electron chi connectivity index (χ1n) is 11.7. The lowest BCUT2D eigenvalue weighted by molar-refractivity contribution is -0.384. The Balaban J connectivity index is 2.47. The minimum Gasteiger partial charge on any atom is -0.352 e. The number of aryl methyl sites for hydroxylation is 1. The molecule has 2 atom stereocenters. The third kappa shape index (κ3) is 7.77. The first-order valence-corrected chi connectivity index (χ1v) is 13.6. The molecule has 0 aliphatic heterocycles. The highest BCUT2D eigenvalue weighted by Gasteiger charge is 2.32. The van der Waals surface area contributed by atoms with E-state index in [2.05, 4.69) is 5.32 Å². The molecular formula is C25H34N4O6S. The van der Waals surface area contributed by atoms with Crippen LogP contribution in [-0.2, 0) is 26.2 Å². The number of amides is 2. The predicted molar refractivity (Wildman–Crippen MR) is 139 cm³/mol. The van der Waals surface area contributed by atoms with Crippen LogP contribution in [0.4, 0.5) is 11.4 Å². The summed E-state index contributed by atoms with van der Waals surface area (Å²) in [4.78, 5) is 38.7. The predicted octanol–water partition coefficient (Wildman–Crippen LogP) is 3.39. The molecule has 0 radical (unpaired) electrons. The van der Waals surface area contributed by atoms with E-state index in [4.69, 9.17) is 0 Å². The van der Waals surface area contributed by atoms with Crippen molar-refractivity contribution in [2.24, 2.45) is 0 Å². The van der Waals surface area contributed by atoms with E-state index < -0.39 is 33.4 Å². The van der Waals surface area contributed by atoms with Crippen molar-refractivity contribution in [2.45, 2.75) is 59.2 Å². The minimum absolute atomic E-state index is 0.00700. The van der Waals surface area contributed by atoms with Crippen LogP contribution in [0.1, 0.15) is 44.7 Å². The van der Waals surface area contributed by atoms with E-state index in [0.717, 1.165) is 27.8 Å². The molecule has 11 heteroatoms. The lowest BCUT2D eigenvalue weighted by atomic mass is 10.1. The molecule has 2 aromatic rings. The zero-order chi connectivity index (χ0) is 27.0. The Kier molecular flexibility index (Phi) is 9.97. The smallest absolute Gasteiger partial charge is 0.271 e. The Bertz CT molecular complexity index is 1180. The molecule has 10 nitrogen and oxygen atoms in total. The number of hydrogen-bond acceptors (Lipinski definition) is 6. The molecule has 0 fully saturated rings. The SMILES string of the molecule is CCC(C)NC(=O)C(CC)N(Cc1ccc(C)cc1)C(=O)CN(c1cccc([N+](=O)[O-])c1)S(C)(=O)=O. The molecular weight excluding hydrogens is 484 g/mol. The van der Waals surface area contributed by atoms with Crippen LogP contribution in [0.15, 0.2) is 48.5 Å². The zero-order valence-corrected chi connectivity index (χ0v) is 22.1. The summed E-state index contributed by atoms with van der Waals surface area (Å²) < 4.78 is 26.1. The number of nitrogens with zero attached hydrogens (tertiary/aromatic N) is 3. The number of carbonyl (C=O) groups excluding carboxylic acids is 2. The van der Waals surface area contributed by atoms with Gasteiger partial charge in [-0.15, -0.1) is 0 Å². The van der Waals surface area contributed by atoms with Crippen LogP contribution >= 0.6 is 0 Å². The monoisotopic (exact) mass is 518 g/mol. The van der Waals surface area contributed by atoms with Crippen LogP contribution < -0.4 is 9.62 Å². The Morgan fingerprint density at radius 2 is 1.72 bits per heavy atom. The average molecular weight is 519 g/mol. The van der Waals surface area contributed by atoms with Gasteiger partial charge in [0, 0.05) is 24.7 Å². The van der Waals surface area contributed by atoms with Crippen LogP contribution in [0.25, 0.3) is 0 Å². The molecule has 0 aliphatic carbocycles. The van der Waals surface area contributed by atoms with Crippen molar-refractivity contribution in [1.29, 1.82) is 0 Å². The van der Waals surface area contributed by atoms with Crippen LogP contribution in [0, 0.1) is 17.0 Å². The quantitative estimate of drug-likeness (QED) is 0.339. The maximum absolute atomic E-state index is 13.6. The summed E-state index contributed by atoms with van der Waals surface area (Å²) in [5.41, 5.74) is 1.51. The fourth-order valence-corrected chi connectivity index (χ4v) is 4.47. The van der Waals surface area contributed by atoms with Crippen LogP contribution in [0.3, 0.4) is 0 Å². The second-order valence-electron chi connectivity index (χ2n) is 8.80. The lowest BCUT2D eigenvalue weighted by Crippen LogP contribution is -2.53. The standard InChI is InChI=1S/C25H34N4O6S/c1-6-19(4)26-25(31)23(7-2)27(16-20-13-11-18(3)12-14-20)24(30)17-28(36(5,34)35)21-9-8-10-22(15-21)29(32)33/h8-15,19,23H,6-7,16-17H2,1-5H3,(H,26,31). The number of hydrogen-bond donors (Lipinski definition) is 1. The van der Waals surface area contributed by atoms with E-state index in [1.54, 1.807) is 6.92 Å². The largest absolute Gasteiger partial charge is 0.352 e. The molecule has 0 spiro atoms. The molecule has 2 unspecified atom stereocenters. The fourth-order valence-electron chi connectivity index (χ4n) is 3.63. The number of anilines is 1. The highest BCUT2D eigenvalue weighted by Crippen LogP contribution is 2.24. The Morgan fingerprint density at radius 3 is 2.25 bits per heavy atom. The van der Waals surface area contributed by atoms with Gasteiger partial charge in [-0.05, 0) is 38.3 Å².